The van der Waals surface area contributed by atoms with Crippen molar-refractivity contribution in [3.8, 4) is 11.5 Å². The number of hydrogen-bond acceptors (Lipinski definition) is 6. The Bertz CT molecular complexity index is 1410. The molecule has 0 radical (unpaired) electrons. The van der Waals surface area contributed by atoms with Gasteiger partial charge in [-0.1, -0.05) is 6.07 Å². The van der Waals surface area contributed by atoms with Crippen LogP contribution in [0, 0.1) is 11.7 Å². The SMILES string of the molecule is CCOc1cc(C(F)(F)F)cc2c1OCN(C(=O)[C@@]1(C3CC3)CC[C@@H](N3CCC(c4ccc(F)c(C(=O)O)c4)CC3)CO1)C2. The normalized spacial score (nSPS) is 24.8. The predicted octanol–water partition coefficient (Wildman–Crippen LogP) is 5.83. The Kier molecular flexibility index (Phi) is 8.25. The van der Waals surface area contributed by atoms with Gasteiger partial charge in [0.15, 0.2) is 18.2 Å². The summed E-state index contributed by atoms with van der Waals surface area (Å²) in [5.74, 6) is -1.83. The quantitative estimate of drug-likeness (QED) is 0.390. The van der Waals surface area contributed by atoms with Crippen LogP contribution < -0.4 is 9.47 Å². The molecule has 238 valence electrons. The zero-order valence-corrected chi connectivity index (χ0v) is 24.5. The molecule has 3 aliphatic heterocycles. The smallest absolute Gasteiger partial charge is 0.416 e. The van der Waals surface area contributed by atoms with Crippen molar-refractivity contribution in [3.05, 3.63) is 58.4 Å². The Labute approximate surface area is 252 Å². The van der Waals surface area contributed by atoms with Crippen LogP contribution in [0.5, 0.6) is 11.5 Å². The highest BCUT2D eigenvalue weighted by atomic mass is 19.4. The van der Waals surface area contributed by atoms with E-state index >= 15 is 0 Å². The molecule has 2 aromatic carbocycles. The first-order chi connectivity index (χ1) is 21.0. The maximum Gasteiger partial charge on any atom is 0.416 e. The second-order valence-electron chi connectivity index (χ2n) is 12.2. The third-order valence-corrected chi connectivity index (χ3v) is 9.49. The molecule has 1 aliphatic carbocycles. The van der Waals surface area contributed by atoms with Crippen molar-refractivity contribution in [1.82, 2.24) is 9.80 Å². The van der Waals surface area contributed by atoms with Gasteiger partial charge in [-0.25, -0.2) is 9.18 Å². The van der Waals surface area contributed by atoms with E-state index in [4.69, 9.17) is 14.2 Å². The van der Waals surface area contributed by atoms with Crippen molar-refractivity contribution in [3.63, 3.8) is 0 Å². The number of rotatable bonds is 7. The van der Waals surface area contributed by atoms with Crippen molar-refractivity contribution in [2.45, 2.75) is 75.7 Å². The van der Waals surface area contributed by atoms with Crippen LogP contribution in [0.4, 0.5) is 17.6 Å². The van der Waals surface area contributed by atoms with Gasteiger partial charge in [0.1, 0.15) is 11.4 Å². The summed E-state index contributed by atoms with van der Waals surface area (Å²) < 4.78 is 72.5. The van der Waals surface area contributed by atoms with E-state index in [1.807, 2.05) is 0 Å². The summed E-state index contributed by atoms with van der Waals surface area (Å²) in [5, 5.41) is 9.28. The molecule has 2 atom stereocenters. The number of ether oxygens (including phenoxy) is 3. The van der Waals surface area contributed by atoms with Crippen LogP contribution in [0.25, 0.3) is 0 Å². The van der Waals surface area contributed by atoms with Crippen molar-refractivity contribution in [2.24, 2.45) is 5.92 Å². The van der Waals surface area contributed by atoms with E-state index in [1.165, 1.54) is 17.0 Å². The molecule has 2 aromatic rings. The van der Waals surface area contributed by atoms with Gasteiger partial charge in [0.05, 0.1) is 30.9 Å². The van der Waals surface area contributed by atoms with Crippen molar-refractivity contribution < 1.29 is 46.5 Å². The molecule has 3 heterocycles. The molecule has 1 amide bonds. The average Bonchev–Trinajstić information content (AvgIpc) is 3.87. The largest absolute Gasteiger partial charge is 0.490 e. The molecule has 1 saturated carbocycles. The summed E-state index contributed by atoms with van der Waals surface area (Å²) in [6.07, 6.45) is -0.0176. The Balaban J connectivity index is 1.11. The van der Waals surface area contributed by atoms with Crippen LogP contribution in [0.15, 0.2) is 30.3 Å². The highest BCUT2D eigenvalue weighted by Gasteiger charge is 2.56. The zero-order chi connectivity index (χ0) is 31.2. The lowest BCUT2D eigenvalue weighted by Gasteiger charge is -2.46. The first kappa shape index (κ1) is 30.6. The molecule has 1 N–H and O–H groups in total. The first-order valence-corrected chi connectivity index (χ1v) is 15.2. The number of alkyl halides is 3. The Morgan fingerprint density at radius 1 is 1.09 bits per heavy atom. The summed E-state index contributed by atoms with van der Waals surface area (Å²) in [7, 11) is 0. The fourth-order valence-electron chi connectivity index (χ4n) is 7.00. The summed E-state index contributed by atoms with van der Waals surface area (Å²) in [4.78, 5) is 29.2. The van der Waals surface area contributed by atoms with E-state index in [0.29, 0.717) is 13.0 Å². The lowest BCUT2D eigenvalue weighted by molar-refractivity contribution is -0.180. The van der Waals surface area contributed by atoms with Crippen LogP contribution in [0.1, 0.15) is 78.4 Å². The molecular formula is C32H36F4N2O6. The number of carbonyl (C=O) groups excluding carboxylic acids is 1. The molecule has 12 heteroatoms. The Morgan fingerprint density at radius 3 is 2.45 bits per heavy atom. The molecule has 8 nitrogen and oxygen atoms in total. The fraction of sp³-hybridized carbons (Fsp3) is 0.562. The zero-order valence-electron chi connectivity index (χ0n) is 24.5. The molecule has 0 bridgehead atoms. The maximum atomic E-state index is 14.0. The van der Waals surface area contributed by atoms with Gasteiger partial charge in [0, 0.05) is 11.6 Å². The highest BCUT2D eigenvalue weighted by Crippen LogP contribution is 2.49. The van der Waals surface area contributed by atoms with Crippen molar-refractivity contribution in [2.75, 3.05) is 33.0 Å². The van der Waals surface area contributed by atoms with E-state index in [1.54, 1.807) is 13.0 Å². The standard InChI is InChI=1S/C32H36F4N2O6/c1-2-42-27-15-23(32(34,35)36)13-21-16-38(18-43-28(21)27)30(41)31(22-4-5-22)10-7-24(17-44-31)37-11-8-19(9-12-37)20-3-6-26(33)25(14-20)29(39)40/h3,6,13-15,19,22,24H,2,4-5,7-12,16-18H2,1H3,(H,39,40)/t24-,31+/m1/s1. The summed E-state index contributed by atoms with van der Waals surface area (Å²) in [5.41, 5.74) is -1.12. The monoisotopic (exact) mass is 620 g/mol. The number of halogens is 4. The van der Waals surface area contributed by atoms with Crippen LogP contribution >= 0.6 is 0 Å². The van der Waals surface area contributed by atoms with E-state index in [2.05, 4.69) is 4.90 Å². The van der Waals surface area contributed by atoms with Gasteiger partial charge in [0.25, 0.3) is 5.91 Å². The number of hydrogen-bond donors (Lipinski definition) is 1. The molecule has 0 aromatic heterocycles. The van der Waals surface area contributed by atoms with Crippen LogP contribution in [-0.4, -0.2) is 71.5 Å². The first-order valence-electron chi connectivity index (χ1n) is 15.2. The second kappa shape index (κ2) is 11.8. The Hall–Kier alpha value is -3.38. The van der Waals surface area contributed by atoms with Gasteiger partial charge in [-0.3, -0.25) is 9.69 Å². The molecule has 0 spiro atoms. The molecule has 44 heavy (non-hydrogen) atoms. The van der Waals surface area contributed by atoms with Gasteiger partial charge in [0.2, 0.25) is 0 Å². The number of benzene rings is 2. The second-order valence-corrected chi connectivity index (χ2v) is 12.2. The van der Waals surface area contributed by atoms with Crippen molar-refractivity contribution in [1.29, 1.82) is 0 Å². The minimum Gasteiger partial charge on any atom is -0.490 e. The summed E-state index contributed by atoms with van der Waals surface area (Å²) >= 11 is 0. The fourth-order valence-corrected chi connectivity index (χ4v) is 7.00. The Morgan fingerprint density at radius 2 is 1.84 bits per heavy atom. The third kappa shape index (κ3) is 5.85. The average molecular weight is 621 g/mol. The molecule has 2 saturated heterocycles. The van der Waals surface area contributed by atoms with Gasteiger partial charge in [-0.15, -0.1) is 0 Å². The van der Waals surface area contributed by atoms with Gasteiger partial charge in [-0.2, -0.15) is 13.2 Å². The number of amides is 1. The van der Waals surface area contributed by atoms with Gasteiger partial charge < -0.3 is 24.2 Å². The summed E-state index contributed by atoms with van der Waals surface area (Å²) in [6.45, 7) is 3.63. The van der Waals surface area contributed by atoms with E-state index in [-0.39, 0.29) is 66.3 Å². The minimum atomic E-state index is -4.57. The number of aromatic carboxylic acids is 1. The number of carboxylic acids is 1. The molecule has 0 unspecified atom stereocenters. The number of carbonyl (C=O) groups is 2. The van der Waals surface area contributed by atoms with Gasteiger partial charge >= 0.3 is 12.1 Å². The predicted molar refractivity (Wildman–Crippen MR) is 150 cm³/mol. The van der Waals surface area contributed by atoms with Crippen LogP contribution in [-0.2, 0) is 22.3 Å². The summed E-state index contributed by atoms with van der Waals surface area (Å²) in [6, 6.07) is 6.38. The lowest BCUT2D eigenvalue weighted by atomic mass is 9.84. The minimum absolute atomic E-state index is 0.0172. The number of carboxylic acid groups (broad SMARTS) is 1. The highest BCUT2D eigenvalue weighted by molar-refractivity contribution is 5.88. The number of likely N-dealkylation sites (tertiary alicyclic amines) is 1. The van der Waals surface area contributed by atoms with Crippen molar-refractivity contribution >= 4 is 11.9 Å². The number of piperidine rings is 1. The van der Waals surface area contributed by atoms with Gasteiger partial charge in [-0.05, 0) is 100 Å². The molecule has 6 rings (SSSR count). The molecule has 3 fully saturated rings. The number of fused-ring (bicyclic) bond motifs is 1. The topological polar surface area (TPSA) is 88.5 Å². The van der Waals surface area contributed by atoms with Crippen LogP contribution in [0.2, 0.25) is 0 Å². The lowest BCUT2D eigenvalue weighted by Crippen LogP contribution is -2.59. The maximum absolute atomic E-state index is 14.0. The molecular weight excluding hydrogens is 584 g/mol. The molecule has 4 aliphatic rings. The number of nitrogens with zero attached hydrogens (tertiary/aromatic N) is 2. The van der Waals surface area contributed by atoms with E-state index < -0.39 is 29.1 Å². The van der Waals surface area contributed by atoms with Crippen LogP contribution in [0.3, 0.4) is 0 Å². The van der Waals surface area contributed by atoms with E-state index in [0.717, 1.165) is 62.9 Å². The third-order valence-electron chi connectivity index (χ3n) is 9.49. The van der Waals surface area contributed by atoms with E-state index in [9.17, 15) is 32.3 Å².